The Morgan fingerprint density at radius 3 is 2.18 bits per heavy atom. The van der Waals surface area contributed by atoms with E-state index in [1.165, 1.54) is 0 Å². The predicted molar refractivity (Wildman–Crippen MR) is 156 cm³/mol. The lowest BCUT2D eigenvalue weighted by molar-refractivity contribution is -0.146. The number of nitrogens with one attached hydrogen (secondary N) is 2. The second-order valence-corrected chi connectivity index (χ2v) is 11.6. The van der Waals surface area contributed by atoms with Crippen LogP contribution in [-0.4, -0.2) is 71.6 Å². The van der Waals surface area contributed by atoms with Crippen molar-refractivity contribution in [3.63, 3.8) is 0 Å². The van der Waals surface area contributed by atoms with Crippen LogP contribution in [0, 0.1) is 13.8 Å². The number of aryl methyl sites for hydroxylation is 2. The number of ether oxygens (including phenoxy) is 2. The second kappa shape index (κ2) is 16.4. The van der Waals surface area contributed by atoms with Crippen molar-refractivity contribution < 1.29 is 28.7 Å². The summed E-state index contributed by atoms with van der Waals surface area (Å²) in [6, 6.07) is 3.61. The van der Waals surface area contributed by atoms with Gasteiger partial charge in [0.1, 0.15) is 17.7 Å². The molecule has 1 aromatic carbocycles. The van der Waals surface area contributed by atoms with Gasteiger partial charge < -0.3 is 25.0 Å². The smallest absolute Gasteiger partial charge is 0.408 e. The van der Waals surface area contributed by atoms with Crippen LogP contribution in [0.25, 0.3) is 0 Å². The number of hydrogen-bond donors (Lipinski definition) is 2. The first-order chi connectivity index (χ1) is 18.2. The van der Waals surface area contributed by atoms with Gasteiger partial charge in [-0.25, -0.2) is 4.79 Å². The quantitative estimate of drug-likeness (QED) is 0.315. The van der Waals surface area contributed by atoms with Crippen LogP contribution in [0.5, 0.6) is 0 Å². The highest BCUT2D eigenvalue weighted by atomic mass is 32.2. The third-order valence-corrected chi connectivity index (χ3v) is 6.58. The Balaban J connectivity index is 3.49. The number of alkyl carbamates (subject to hydrolysis) is 1. The molecular formula is C29H47N3O6S. The fourth-order valence-corrected chi connectivity index (χ4v) is 4.61. The zero-order chi connectivity index (χ0) is 29.8. The molecule has 220 valence electrons. The molecule has 0 aliphatic carbocycles. The summed E-state index contributed by atoms with van der Waals surface area (Å²) in [6.45, 7) is 15.0. The third-order valence-electron chi connectivity index (χ3n) is 5.94. The molecule has 0 aromatic heterocycles. The molecule has 9 nitrogen and oxygen atoms in total. The van der Waals surface area contributed by atoms with Gasteiger partial charge in [0.25, 0.3) is 0 Å². The van der Waals surface area contributed by atoms with Crippen LogP contribution in [0.1, 0.15) is 83.5 Å². The molecule has 3 unspecified atom stereocenters. The average molecular weight is 566 g/mol. The lowest BCUT2D eigenvalue weighted by Gasteiger charge is -2.38. The molecule has 1 rings (SSSR count). The Labute approximate surface area is 238 Å². The number of carbonyl (C=O) groups is 4. The van der Waals surface area contributed by atoms with E-state index in [2.05, 4.69) is 10.6 Å². The number of nitrogens with zero attached hydrogens (tertiary/aromatic N) is 1. The van der Waals surface area contributed by atoms with E-state index in [0.717, 1.165) is 11.1 Å². The van der Waals surface area contributed by atoms with Crippen molar-refractivity contribution in [1.29, 1.82) is 0 Å². The lowest BCUT2D eigenvalue weighted by Crippen LogP contribution is -2.55. The molecule has 0 saturated carbocycles. The van der Waals surface area contributed by atoms with Crippen molar-refractivity contribution in [1.82, 2.24) is 15.5 Å². The van der Waals surface area contributed by atoms with Gasteiger partial charge in [0, 0.05) is 12.6 Å². The van der Waals surface area contributed by atoms with Gasteiger partial charge in [-0.2, -0.15) is 11.8 Å². The first-order valence-electron chi connectivity index (χ1n) is 13.6. The van der Waals surface area contributed by atoms with Crippen LogP contribution in [0.4, 0.5) is 4.79 Å². The highest BCUT2D eigenvalue weighted by molar-refractivity contribution is 7.98. The van der Waals surface area contributed by atoms with Gasteiger partial charge in [-0.1, -0.05) is 36.2 Å². The number of amides is 3. The molecule has 3 amide bonds. The summed E-state index contributed by atoms with van der Waals surface area (Å²) in [5.74, 6) is -0.553. The zero-order valence-corrected chi connectivity index (χ0v) is 25.8. The van der Waals surface area contributed by atoms with Gasteiger partial charge >= 0.3 is 12.1 Å². The molecule has 39 heavy (non-hydrogen) atoms. The fraction of sp³-hybridized carbons (Fsp3) is 0.655. The molecule has 0 spiro atoms. The van der Waals surface area contributed by atoms with E-state index < -0.39 is 35.7 Å². The van der Waals surface area contributed by atoms with E-state index in [-0.39, 0.29) is 31.5 Å². The number of carbonyl (C=O) groups excluding carboxylic acids is 4. The van der Waals surface area contributed by atoms with Crippen molar-refractivity contribution in [2.24, 2.45) is 0 Å². The van der Waals surface area contributed by atoms with E-state index in [4.69, 9.17) is 9.47 Å². The van der Waals surface area contributed by atoms with E-state index in [0.29, 0.717) is 24.2 Å². The van der Waals surface area contributed by atoms with Crippen molar-refractivity contribution in [2.75, 3.05) is 25.2 Å². The lowest BCUT2D eigenvalue weighted by atomic mass is 9.96. The van der Waals surface area contributed by atoms with Gasteiger partial charge in [0.2, 0.25) is 11.8 Å². The maximum Gasteiger partial charge on any atom is 0.408 e. The Morgan fingerprint density at radius 1 is 1.05 bits per heavy atom. The highest BCUT2D eigenvalue weighted by Gasteiger charge is 2.38. The van der Waals surface area contributed by atoms with E-state index in [1.54, 1.807) is 44.4 Å². The topological polar surface area (TPSA) is 114 Å². The normalized spacial score (nSPS) is 13.6. The maximum atomic E-state index is 14.2. The van der Waals surface area contributed by atoms with Crippen LogP contribution >= 0.6 is 11.8 Å². The number of hydrogen-bond acceptors (Lipinski definition) is 7. The molecular weight excluding hydrogens is 518 g/mol. The molecule has 0 bridgehead atoms. The molecule has 1 aromatic rings. The number of rotatable bonds is 14. The Hall–Kier alpha value is -2.75. The van der Waals surface area contributed by atoms with Crippen LogP contribution in [0.3, 0.4) is 0 Å². The minimum absolute atomic E-state index is 0.0208. The summed E-state index contributed by atoms with van der Waals surface area (Å²) in [5, 5.41) is 5.58. The predicted octanol–water partition coefficient (Wildman–Crippen LogP) is 4.69. The summed E-state index contributed by atoms with van der Waals surface area (Å²) < 4.78 is 10.4. The molecule has 0 aliphatic heterocycles. The second-order valence-electron chi connectivity index (χ2n) is 10.7. The molecule has 0 heterocycles. The van der Waals surface area contributed by atoms with Crippen LogP contribution < -0.4 is 10.6 Å². The first kappa shape index (κ1) is 34.3. The number of benzene rings is 1. The first-order valence-corrected chi connectivity index (χ1v) is 15.0. The summed E-state index contributed by atoms with van der Waals surface area (Å²) >= 11 is 1.56. The van der Waals surface area contributed by atoms with Crippen molar-refractivity contribution in [3.8, 4) is 0 Å². The molecule has 2 N–H and O–H groups in total. The summed E-state index contributed by atoms with van der Waals surface area (Å²) in [5.41, 5.74) is 1.85. The number of esters is 1. The van der Waals surface area contributed by atoms with E-state index >= 15 is 0 Å². The van der Waals surface area contributed by atoms with Gasteiger partial charge in [0.05, 0.1) is 13.0 Å². The molecule has 0 radical (unpaired) electrons. The Bertz CT molecular complexity index is 958. The van der Waals surface area contributed by atoms with Crippen LogP contribution in [0.2, 0.25) is 0 Å². The highest BCUT2D eigenvalue weighted by Crippen LogP contribution is 2.28. The zero-order valence-electron chi connectivity index (χ0n) is 25.0. The van der Waals surface area contributed by atoms with Gasteiger partial charge in [-0.15, -0.1) is 0 Å². The fourth-order valence-electron chi connectivity index (χ4n) is 4.14. The largest absolute Gasteiger partial charge is 0.466 e. The maximum absolute atomic E-state index is 14.2. The minimum atomic E-state index is -0.967. The standard InChI is InChI=1S/C29H47N3O6S/c1-10-21(5)32(27(35)23(13-15-39-9)31-28(36)38-29(6,7)8)25(22-17-19(3)16-20(4)18-22)26(34)30-14-12-24(33)37-11-2/h16-18,21,23,25H,10-15H2,1-9H3,(H,30,34)(H,31,36). The molecule has 3 atom stereocenters. The molecule has 10 heteroatoms. The summed E-state index contributed by atoms with van der Waals surface area (Å²) in [6.07, 6.45) is 2.22. The monoisotopic (exact) mass is 565 g/mol. The summed E-state index contributed by atoms with van der Waals surface area (Å²) in [4.78, 5) is 54.0. The minimum Gasteiger partial charge on any atom is -0.466 e. The van der Waals surface area contributed by atoms with Crippen molar-refractivity contribution in [3.05, 3.63) is 34.9 Å². The van der Waals surface area contributed by atoms with E-state index in [9.17, 15) is 19.2 Å². The van der Waals surface area contributed by atoms with E-state index in [1.807, 2.05) is 52.1 Å². The summed E-state index contributed by atoms with van der Waals surface area (Å²) in [7, 11) is 0. The van der Waals surface area contributed by atoms with Crippen LogP contribution in [0.15, 0.2) is 18.2 Å². The van der Waals surface area contributed by atoms with Crippen molar-refractivity contribution >= 4 is 35.6 Å². The molecule has 0 fully saturated rings. The van der Waals surface area contributed by atoms with Gasteiger partial charge in [-0.3, -0.25) is 14.4 Å². The van der Waals surface area contributed by atoms with Gasteiger partial charge in [-0.05, 0) is 78.9 Å². The number of thioether (sulfide) groups is 1. The third kappa shape index (κ3) is 11.9. The SMILES string of the molecule is CCOC(=O)CCNC(=O)C(c1cc(C)cc(C)c1)N(C(=O)C(CCSC)NC(=O)OC(C)(C)C)C(C)CC. The molecule has 0 saturated heterocycles. The average Bonchev–Trinajstić information content (AvgIpc) is 2.82. The molecule has 0 aliphatic rings. The van der Waals surface area contributed by atoms with Crippen LogP contribution in [-0.2, 0) is 23.9 Å². The van der Waals surface area contributed by atoms with Crippen molar-refractivity contribution in [2.45, 2.75) is 98.4 Å². The Morgan fingerprint density at radius 2 is 1.67 bits per heavy atom. The Kier molecular flexibility index (Phi) is 14.4. The van der Waals surface area contributed by atoms with Gasteiger partial charge in [0.15, 0.2) is 0 Å².